The molecular weight excluding hydrogens is 200 g/mol. The molecule has 0 bridgehead atoms. The van der Waals surface area contributed by atoms with Gasteiger partial charge in [-0.15, -0.1) is 0 Å². The molecule has 88 valence electrons. The molecule has 0 aliphatic heterocycles. The highest BCUT2D eigenvalue weighted by molar-refractivity contribution is 5.78. The Morgan fingerprint density at radius 2 is 1.94 bits per heavy atom. The van der Waals surface area contributed by atoms with E-state index in [-0.39, 0.29) is 5.91 Å². The topological polar surface area (TPSA) is 32.3 Å². The van der Waals surface area contributed by atoms with E-state index in [1.165, 1.54) is 5.56 Å². The molecule has 1 N–H and O–H groups in total. The Kier molecular flexibility index (Phi) is 4.99. The van der Waals surface area contributed by atoms with Crippen molar-refractivity contribution in [2.75, 3.05) is 27.2 Å². The van der Waals surface area contributed by atoms with Gasteiger partial charge in [0.2, 0.25) is 5.91 Å². The molecular formula is C13H20N2O. The third kappa shape index (κ3) is 4.03. The van der Waals surface area contributed by atoms with Gasteiger partial charge in [0.15, 0.2) is 0 Å². The van der Waals surface area contributed by atoms with Gasteiger partial charge >= 0.3 is 0 Å². The first kappa shape index (κ1) is 12.7. The smallest absolute Gasteiger partial charge is 0.226 e. The maximum Gasteiger partial charge on any atom is 0.226 e. The molecule has 0 heterocycles. The molecule has 0 aromatic heterocycles. The van der Waals surface area contributed by atoms with Gasteiger partial charge in [0.05, 0.1) is 6.42 Å². The molecule has 0 spiro atoms. The minimum atomic E-state index is 0.166. The van der Waals surface area contributed by atoms with E-state index in [4.69, 9.17) is 0 Å². The number of likely N-dealkylation sites (N-methyl/N-ethyl adjacent to an activating group) is 2. The first-order valence-electron chi connectivity index (χ1n) is 5.57. The average Bonchev–Trinajstić information content (AvgIpc) is 2.29. The highest BCUT2D eigenvalue weighted by atomic mass is 16.2. The van der Waals surface area contributed by atoms with Crippen molar-refractivity contribution in [3.05, 3.63) is 35.4 Å². The average molecular weight is 220 g/mol. The van der Waals surface area contributed by atoms with Crippen LogP contribution in [0.2, 0.25) is 0 Å². The van der Waals surface area contributed by atoms with Gasteiger partial charge in [0, 0.05) is 20.1 Å². The Bertz CT molecular complexity index is 332. The minimum Gasteiger partial charge on any atom is -0.344 e. The molecule has 16 heavy (non-hydrogen) atoms. The molecule has 0 radical (unpaired) electrons. The summed E-state index contributed by atoms with van der Waals surface area (Å²) in [6, 6.07) is 8.10. The third-order valence-electron chi connectivity index (χ3n) is 2.60. The Hall–Kier alpha value is -1.35. The molecule has 0 aliphatic carbocycles. The lowest BCUT2D eigenvalue weighted by molar-refractivity contribution is -0.129. The standard InChI is InChI=1S/C13H20N2O/c1-11-4-6-12(7-5-11)10-13(16)15(3)9-8-14-2/h4-7,14H,8-10H2,1-3H3. The van der Waals surface area contributed by atoms with Gasteiger partial charge in [-0.3, -0.25) is 4.79 Å². The summed E-state index contributed by atoms with van der Waals surface area (Å²) in [5.41, 5.74) is 2.30. The summed E-state index contributed by atoms with van der Waals surface area (Å²) < 4.78 is 0. The molecule has 0 saturated heterocycles. The van der Waals surface area contributed by atoms with Crippen LogP contribution in [-0.4, -0.2) is 38.0 Å². The number of carbonyl (C=O) groups excluding carboxylic acids is 1. The summed E-state index contributed by atoms with van der Waals surface area (Å²) in [5, 5.41) is 3.03. The Labute approximate surface area is 97.5 Å². The largest absolute Gasteiger partial charge is 0.344 e. The SMILES string of the molecule is CNCCN(C)C(=O)Cc1ccc(C)cc1. The summed E-state index contributed by atoms with van der Waals surface area (Å²) in [6.45, 7) is 3.63. The second-order valence-electron chi connectivity index (χ2n) is 4.08. The predicted octanol–water partition coefficient (Wildman–Crippen LogP) is 1.22. The van der Waals surface area contributed by atoms with Crippen LogP contribution in [0.15, 0.2) is 24.3 Å². The monoisotopic (exact) mass is 220 g/mol. The number of hydrogen-bond acceptors (Lipinski definition) is 2. The molecule has 0 aliphatic rings. The number of amides is 1. The van der Waals surface area contributed by atoms with Gasteiger partial charge in [0.25, 0.3) is 0 Å². The molecule has 1 amide bonds. The lowest BCUT2D eigenvalue weighted by Crippen LogP contribution is -2.33. The van der Waals surface area contributed by atoms with Crippen molar-refractivity contribution in [1.29, 1.82) is 0 Å². The first-order chi connectivity index (χ1) is 7.63. The molecule has 0 unspecified atom stereocenters. The molecule has 3 heteroatoms. The Morgan fingerprint density at radius 1 is 1.31 bits per heavy atom. The van der Waals surface area contributed by atoms with Gasteiger partial charge in [-0.2, -0.15) is 0 Å². The van der Waals surface area contributed by atoms with E-state index >= 15 is 0 Å². The van der Waals surface area contributed by atoms with Crippen molar-refractivity contribution in [3.8, 4) is 0 Å². The summed E-state index contributed by atoms with van der Waals surface area (Å²) in [6.07, 6.45) is 0.487. The van der Waals surface area contributed by atoms with Crippen LogP contribution in [0.4, 0.5) is 0 Å². The normalized spacial score (nSPS) is 10.2. The second kappa shape index (κ2) is 6.28. The third-order valence-corrected chi connectivity index (χ3v) is 2.60. The van der Waals surface area contributed by atoms with E-state index in [2.05, 4.69) is 5.32 Å². The zero-order chi connectivity index (χ0) is 12.0. The molecule has 1 aromatic carbocycles. The quantitative estimate of drug-likeness (QED) is 0.809. The number of carbonyl (C=O) groups is 1. The van der Waals surface area contributed by atoms with Crippen LogP contribution >= 0.6 is 0 Å². The summed E-state index contributed by atoms with van der Waals surface area (Å²) in [4.78, 5) is 13.6. The molecule has 3 nitrogen and oxygen atoms in total. The molecule has 1 aromatic rings. The molecule has 0 fully saturated rings. The van der Waals surface area contributed by atoms with E-state index < -0.39 is 0 Å². The van der Waals surface area contributed by atoms with Crippen LogP contribution in [0.1, 0.15) is 11.1 Å². The Balaban J connectivity index is 2.47. The fraction of sp³-hybridized carbons (Fsp3) is 0.462. The number of nitrogens with one attached hydrogen (secondary N) is 1. The number of nitrogens with zero attached hydrogens (tertiary/aromatic N) is 1. The van der Waals surface area contributed by atoms with Crippen LogP contribution in [0.5, 0.6) is 0 Å². The van der Waals surface area contributed by atoms with E-state index in [1.54, 1.807) is 4.90 Å². The number of aryl methyl sites for hydroxylation is 1. The van der Waals surface area contributed by atoms with Crippen LogP contribution in [0, 0.1) is 6.92 Å². The zero-order valence-electron chi connectivity index (χ0n) is 10.3. The van der Waals surface area contributed by atoms with Crippen LogP contribution in [-0.2, 0) is 11.2 Å². The van der Waals surface area contributed by atoms with Crippen LogP contribution < -0.4 is 5.32 Å². The van der Waals surface area contributed by atoms with Crippen LogP contribution in [0.3, 0.4) is 0 Å². The van der Waals surface area contributed by atoms with E-state index in [0.717, 1.165) is 18.7 Å². The molecule has 0 atom stereocenters. The number of rotatable bonds is 5. The van der Waals surface area contributed by atoms with Gasteiger partial charge in [0.1, 0.15) is 0 Å². The fourth-order valence-electron chi connectivity index (χ4n) is 1.42. The lowest BCUT2D eigenvalue weighted by Gasteiger charge is -2.16. The van der Waals surface area contributed by atoms with Gasteiger partial charge < -0.3 is 10.2 Å². The predicted molar refractivity (Wildman–Crippen MR) is 66.4 cm³/mol. The van der Waals surface area contributed by atoms with Crippen LogP contribution in [0.25, 0.3) is 0 Å². The minimum absolute atomic E-state index is 0.166. The summed E-state index contributed by atoms with van der Waals surface area (Å²) >= 11 is 0. The van der Waals surface area contributed by atoms with Crippen molar-refractivity contribution in [3.63, 3.8) is 0 Å². The van der Waals surface area contributed by atoms with Crippen molar-refractivity contribution >= 4 is 5.91 Å². The second-order valence-corrected chi connectivity index (χ2v) is 4.08. The number of benzene rings is 1. The first-order valence-corrected chi connectivity index (χ1v) is 5.57. The summed E-state index contributed by atoms with van der Waals surface area (Å²) in [7, 11) is 3.73. The highest BCUT2D eigenvalue weighted by Crippen LogP contribution is 2.05. The molecule has 1 rings (SSSR count). The lowest BCUT2D eigenvalue weighted by atomic mass is 10.1. The van der Waals surface area contributed by atoms with Crippen molar-refractivity contribution in [2.45, 2.75) is 13.3 Å². The van der Waals surface area contributed by atoms with Gasteiger partial charge in [-0.25, -0.2) is 0 Å². The molecule has 0 saturated carbocycles. The summed E-state index contributed by atoms with van der Waals surface area (Å²) in [5.74, 6) is 0.166. The Morgan fingerprint density at radius 3 is 2.50 bits per heavy atom. The fourth-order valence-corrected chi connectivity index (χ4v) is 1.42. The van der Waals surface area contributed by atoms with Crippen molar-refractivity contribution in [1.82, 2.24) is 10.2 Å². The van der Waals surface area contributed by atoms with Crippen molar-refractivity contribution < 1.29 is 4.79 Å². The van der Waals surface area contributed by atoms with E-state index in [0.29, 0.717) is 6.42 Å². The van der Waals surface area contributed by atoms with Crippen molar-refractivity contribution in [2.24, 2.45) is 0 Å². The zero-order valence-corrected chi connectivity index (χ0v) is 10.3. The van der Waals surface area contributed by atoms with Gasteiger partial charge in [-0.05, 0) is 19.5 Å². The van der Waals surface area contributed by atoms with E-state index in [9.17, 15) is 4.79 Å². The number of hydrogen-bond donors (Lipinski definition) is 1. The van der Waals surface area contributed by atoms with Gasteiger partial charge in [-0.1, -0.05) is 29.8 Å². The maximum atomic E-state index is 11.8. The highest BCUT2D eigenvalue weighted by Gasteiger charge is 2.08. The van der Waals surface area contributed by atoms with E-state index in [1.807, 2.05) is 45.3 Å². The maximum absolute atomic E-state index is 11.8.